The van der Waals surface area contributed by atoms with Crippen molar-refractivity contribution in [3.8, 4) is 11.5 Å². The van der Waals surface area contributed by atoms with Gasteiger partial charge in [0.05, 0.1) is 20.3 Å². The van der Waals surface area contributed by atoms with Gasteiger partial charge in [-0.15, -0.1) is 0 Å². The molecule has 3 rings (SSSR count). The second-order valence-electron chi connectivity index (χ2n) is 10.6. The summed E-state index contributed by atoms with van der Waals surface area (Å²) in [5.41, 5.74) is 1.72. The van der Waals surface area contributed by atoms with Crippen molar-refractivity contribution >= 4 is 20.0 Å². The highest BCUT2D eigenvalue weighted by Crippen LogP contribution is 2.30. The highest BCUT2D eigenvalue weighted by Gasteiger charge is 2.34. The van der Waals surface area contributed by atoms with E-state index in [1.807, 2.05) is 57.1 Å². The number of carbonyl (C=O) groups is 2. The summed E-state index contributed by atoms with van der Waals surface area (Å²) in [5, 5.41) is 2.84. The molecule has 1 fully saturated rings. The lowest BCUT2D eigenvalue weighted by molar-refractivity contribution is 0.0376. The molecule has 0 aliphatic carbocycles. The van der Waals surface area contributed by atoms with Crippen LogP contribution in [0.5, 0.6) is 11.5 Å². The van der Waals surface area contributed by atoms with Crippen LogP contribution >= 0.6 is 0 Å². The lowest BCUT2D eigenvalue weighted by Gasteiger charge is -2.43. The van der Waals surface area contributed by atoms with Crippen LogP contribution in [0.3, 0.4) is 0 Å². The molecule has 2 unspecified atom stereocenters. The minimum Gasteiger partial charge on any atom is -0.493 e. The molecule has 10 heteroatoms. The van der Waals surface area contributed by atoms with E-state index in [1.54, 1.807) is 32.4 Å². The van der Waals surface area contributed by atoms with Gasteiger partial charge in [-0.25, -0.2) is 4.79 Å². The molecule has 40 heavy (non-hydrogen) atoms. The Morgan fingerprint density at radius 3 is 2.55 bits per heavy atom. The van der Waals surface area contributed by atoms with Crippen molar-refractivity contribution in [2.45, 2.75) is 45.2 Å². The van der Waals surface area contributed by atoms with E-state index in [2.05, 4.69) is 10.1 Å². The van der Waals surface area contributed by atoms with Crippen LogP contribution in [0.15, 0.2) is 48.5 Å². The molecule has 1 saturated heterocycles. The predicted molar refractivity (Wildman–Crippen MR) is 158 cm³/mol. The van der Waals surface area contributed by atoms with Crippen molar-refractivity contribution < 1.29 is 28.5 Å². The molecule has 2 amide bonds. The van der Waals surface area contributed by atoms with Crippen molar-refractivity contribution in [3.05, 3.63) is 59.7 Å². The van der Waals surface area contributed by atoms with Crippen molar-refractivity contribution in [2.24, 2.45) is 5.92 Å². The number of nitrogens with zero attached hydrogens (tertiary/aromatic N) is 2. The van der Waals surface area contributed by atoms with Crippen molar-refractivity contribution in [3.63, 3.8) is 0 Å². The van der Waals surface area contributed by atoms with E-state index < -0.39 is 6.09 Å². The first kappa shape index (κ1) is 31.3. The predicted octanol–water partition coefficient (Wildman–Crippen LogP) is 3.17. The summed E-state index contributed by atoms with van der Waals surface area (Å²) in [7, 11) is 5.28. The Morgan fingerprint density at radius 2 is 1.85 bits per heavy atom. The van der Waals surface area contributed by atoms with Crippen LogP contribution in [0.4, 0.5) is 4.79 Å². The van der Waals surface area contributed by atoms with Crippen molar-refractivity contribution in [1.29, 1.82) is 0 Å². The summed E-state index contributed by atoms with van der Waals surface area (Å²) in [5.74, 6) is 1.19. The van der Waals surface area contributed by atoms with Gasteiger partial charge in [0.1, 0.15) is 0 Å². The number of hydrogen-bond acceptors (Lipinski definition) is 7. The maximum absolute atomic E-state index is 13.8. The van der Waals surface area contributed by atoms with Gasteiger partial charge in [0.2, 0.25) is 0 Å². The molecule has 9 nitrogen and oxygen atoms in total. The van der Waals surface area contributed by atoms with Gasteiger partial charge in [-0.1, -0.05) is 30.3 Å². The average Bonchev–Trinajstić information content (AvgIpc) is 2.94. The van der Waals surface area contributed by atoms with E-state index in [1.165, 1.54) is 5.56 Å². The first-order chi connectivity index (χ1) is 19.3. The smallest absolute Gasteiger partial charge is 0.407 e. The molecular formula is C30H44BN3O6. The van der Waals surface area contributed by atoms with E-state index >= 15 is 0 Å². The normalized spacial score (nSPS) is 17.3. The number of amides is 2. The molecule has 1 heterocycles. The first-order valence-electron chi connectivity index (χ1n) is 14.1. The lowest BCUT2D eigenvalue weighted by atomic mass is 9.90. The van der Waals surface area contributed by atoms with Gasteiger partial charge >= 0.3 is 6.09 Å². The summed E-state index contributed by atoms with van der Waals surface area (Å²) >= 11 is 0. The third-order valence-corrected chi connectivity index (χ3v) is 7.02. The van der Waals surface area contributed by atoms with Crippen LogP contribution in [0.2, 0.25) is 0 Å². The van der Waals surface area contributed by atoms with E-state index in [4.69, 9.17) is 18.9 Å². The summed E-state index contributed by atoms with van der Waals surface area (Å²) in [6, 6.07) is 15.3. The van der Waals surface area contributed by atoms with Crippen molar-refractivity contribution in [2.75, 3.05) is 53.7 Å². The molecule has 0 aromatic heterocycles. The zero-order valence-electron chi connectivity index (χ0n) is 24.6. The minimum atomic E-state index is -0.409. The third kappa shape index (κ3) is 9.45. The summed E-state index contributed by atoms with van der Waals surface area (Å²) in [6.07, 6.45) is 1.83. The van der Waals surface area contributed by atoms with Gasteiger partial charge in [0, 0.05) is 56.8 Å². The van der Waals surface area contributed by atoms with Gasteiger partial charge in [0.25, 0.3) is 5.91 Å². The van der Waals surface area contributed by atoms with Crippen LogP contribution in [0, 0.1) is 5.92 Å². The van der Waals surface area contributed by atoms with Crippen LogP contribution in [0.25, 0.3) is 0 Å². The maximum Gasteiger partial charge on any atom is 0.407 e. The van der Waals surface area contributed by atoms with Crippen LogP contribution in [-0.2, 0) is 15.9 Å². The fraction of sp³-hybridized carbons (Fsp3) is 0.533. The largest absolute Gasteiger partial charge is 0.493 e. The van der Waals surface area contributed by atoms with E-state index in [-0.39, 0.29) is 23.9 Å². The Hall–Kier alpha value is -3.24. The highest BCUT2D eigenvalue weighted by atomic mass is 16.5. The molecule has 218 valence electrons. The van der Waals surface area contributed by atoms with Gasteiger partial charge in [-0.3, -0.25) is 4.79 Å². The lowest BCUT2D eigenvalue weighted by Crippen LogP contribution is -2.55. The Kier molecular flexibility index (Phi) is 12.6. The molecule has 1 aliphatic rings. The molecule has 0 radical (unpaired) electrons. The Balaban J connectivity index is 1.60. The Bertz CT molecular complexity index is 1070. The fourth-order valence-electron chi connectivity index (χ4n) is 5.21. The number of ether oxygens (including phenoxy) is 4. The second-order valence-corrected chi connectivity index (χ2v) is 10.6. The highest BCUT2D eigenvalue weighted by molar-refractivity contribution is 6.04. The number of benzene rings is 2. The van der Waals surface area contributed by atoms with Gasteiger partial charge in [-0.05, 0) is 57.0 Å². The molecular weight excluding hydrogens is 509 g/mol. The average molecular weight is 554 g/mol. The standard InChI is InChI=1S/C30H44BN3O6/c1-22(2)34(29(35)25-11-12-27(38-4)28(18-25)39-16-8-15-37-3)26-17-24(19-33(31)20-26)21-40-30(36)32-14-13-23-9-6-5-7-10-23/h5-7,9-12,18,22,24,26H,8,13-17,19-21,31H2,1-4H3,(H,32,36). The first-order valence-corrected chi connectivity index (χ1v) is 14.1. The number of rotatable bonds is 14. The van der Waals surface area contributed by atoms with Crippen LogP contribution in [0.1, 0.15) is 42.6 Å². The number of nitrogens with one attached hydrogen (secondary N) is 1. The molecule has 0 spiro atoms. The van der Waals surface area contributed by atoms with Crippen molar-refractivity contribution in [1.82, 2.24) is 15.0 Å². The Morgan fingerprint density at radius 1 is 1.07 bits per heavy atom. The van der Waals surface area contributed by atoms with Gasteiger partial charge in [-0.2, -0.15) is 0 Å². The number of alkyl carbamates (subject to hydrolysis) is 1. The molecule has 1 N–H and O–H groups in total. The third-order valence-electron chi connectivity index (χ3n) is 7.02. The zero-order valence-corrected chi connectivity index (χ0v) is 24.6. The maximum atomic E-state index is 13.8. The van der Waals surface area contributed by atoms with E-state index in [9.17, 15) is 9.59 Å². The fourth-order valence-corrected chi connectivity index (χ4v) is 5.21. The van der Waals surface area contributed by atoms with E-state index in [0.29, 0.717) is 43.4 Å². The number of carbonyl (C=O) groups excluding carboxylic acids is 2. The SMILES string of the molecule is BN1CC(COC(=O)NCCc2ccccc2)CC(N(C(=O)c2ccc(OC)c(OCCCOC)c2)C(C)C)C1. The number of hydrogen-bond donors (Lipinski definition) is 1. The summed E-state index contributed by atoms with van der Waals surface area (Å²) < 4.78 is 22.0. The zero-order chi connectivity index (χ0) is 28.9. The molecule has 2 aromatic carbocycles. The molecule has 2 atom stereocenters. The molecule has 1 aliphatic heterocycles. The van der Waals surface area contributed by atoms with E-state index in [0.717, 1.165) is 32.4 Å². The van der Waals surface area contributed by atoms with Gasteiger partial charge < -0.3 is 34.0 Å². The van der Waals surface area contributed by atoms with Crippen LogP contribution in [-0.4, -0.2) is 95.5 Å². The monoisotopic (exact) mass is 553 g/mol. The topological polar surface area (TPSA) is 89.6 Å². The van der Waals surface area contributed by atoms with Crippen LogP contribution < -0.4 is 14.8 Å². The second kappa shape index (κ2) is 16.1. The summed E-state index contributed by atoms with van der Waals surface area (Å²) in [6.45, 7) is 7.50. The minimum absolute atomic E-state index is 0.0139. The molecule has 0 bridgehead atoms. The molecule has 2 aromatic rings. The quantitative estimate of drug-likeness (QED) is 0.284. The van der Waals surface area contributed by atoms with Gasteiger partial charge in [0.15, 0.2) is 19.5 Å². The number of methoxy groups -OCH3 is 2. The number of piperidine rings is 1. The summed E-state index contributed by atoms with van der Waals surface area (Å²) in [4.78, 5) is 30.3. The Labute approximate surface area is 239 Å². The molecule has 0 saturated carbocycles.